The maximum Gasteiger partial charge on any atom is 0.121 e. The number of hydrogen-bond acceptors (Lipinski definition) is 4. The molecule has 5 heteroatoms. The van der Waals surface area contributed by atoms with Gasteiger partial charge in [0.1, 0.15) is 6.54 Å². The van der Waals surface area contributed by atoms with Gasteiger partial charge in [0.2, 0.25) is 0 Å². The Kier molecular flexibility index (Phi) is 6.63. The average Bonchev–Trinajstić information content (AvgIpc) is 2.68. The van der Waals surface area contributed by atoms with Gasteiger partial charge in [-0.05, 0) is 36.4 Å². The minimum atomic E-state index is 0.820. The van der Waals surface area contributed by atoms with Crippen molar-refractivity contribution >= 4 is 0 Å². The van der Waals surface area contributed by atoms with Crippen LogP contribution in [0.15, 0.2) is 73.2 Å². The SMILES string of the molecule is C[N+](C)(CCN(Cc1ccccn1)Cc1ccccn1)Cc1ccccn1. The number of rotatable bonds is 9. The molecule has 0 atom stereocenters. The van der Waals surface area contributed by atoms with Gasteiger partial charge >= 0.3 is 0 Å². The Bertz CT molecular complexity index is 749. The van der Waals surface area contributed by atoms with Gasteiger partial charge in [0.05, 0.1) is 37.7 Å². The van der Waals surface area contributed by atoms with Crippen LogP contribution in [0.1, 0.15) is 17.1 Å². The molecule has 0 spiro atoms. The van der Waals surface area contributed by atoms with Gasteiger partial charge in [0.25, 0.3) is 0 Å². The van der Waals surface area contributed by atoms with Crippen molar-refractivity contribution in [2.45, 2.75) is 19.6 Å². The Labute approximate surface area is 161 Å². The number of pyridine rings is 3. The van der Waals surface area contributed by atoms with Gasteiger partial charge in [-0.25, -0.2) is 0 Å². The van der Waals surface area contributed by atoms with Crippen molar-refractivity contribution in [3.05, 3.63) is 90.3 Å². The van der Waals surface area contributed by atoms with Gasteiger partial charge in [0.15, 0.2) is 0 Å². The van der Waals surface area contributed by atoms with E-state index < -0.39 is 0 Å². The zero-order chi connectivity index (χ0) is 19.0. The first-order chi connectivity index (χ1) is 13.1. The maximum atomic E-state index is 4.50. The molecule has 3 rings (SSSR count). The van der Waals surface area contributed by atoms with Crippen molar-refractivity contribution in [2.24, 2.45) is 0 Å². The highest BCUT2D eigenvalue weighted by atomic mass is 15.3. The van der Waals surface area contributed by atoms with E-state index in [1.54, 1.807) is 0 Å². The molecule has 0 aliphatic rings. The Morgan fingerprint density at radius 1 is 0.704 bits per heavy atom. The summed E-state index contributed by atoms with van der Waals surface area (Å²) in [5.41, 5.74) is 3.30. The first-order valence-electron chi connectivity index (χ1n) is 9.35. The monoisotopic (exact) mass is 362 g/mol. The summed E-state index contributed by atoms with van der Waals surface area (Å²) in [4.78, 5) is 15.9. The predicted molar refractivity (Wildman–Crippen MR) is 108 cm³/mol. The minimum Gasteiger partial charge on any atom is -0.322 e. The molecular formula is C22H28N5+. The summed E-state index contributed by atoms with van der Waals surface area (Å²) in [6.45, 7) is 4.55. The van der Waals surface area contributed by atoms with Crippen molar-refractivity contribution in [2.75, 3.05) is 27.2 Å². The molecule has 3 heterocycles. The van der Waals surface area contributed by atoms with Gasteiger partial charge in [0, 0.05) is 38.2 Å². The number of hydrogen-bond donors (Lipinski definition) is 0. The average molecular weight is 363 g/mol. The van der Waals surface area contributed by atoms with Crippen molar-refractivity contribution in [3.63, 3.8) is 0 Å². The number of quaternary nitrogens is 1. The summed E-state index contributed by atoms with van der Waals surface area (Å²) in [6.07, 6.45) is 5.58. The number of likely N-dealkylation sites (N-methyl/N-ethyl adjacent to an activating group) is 1. The lowest BCUT2D eigenvalue weighted by Gasteiger charge is -2.32. The molecule has 0 N–H and O–H groups in total. The van der Waals surface area contributed by atoms with Gasteiger partial charge in [-0.1, -0.05) is 18.2 Å². The van der Waals surface area contributed by atoms with Crippen LogP contribution in [0.4, 0.5) is 0 Å². The van der Waals surface area contributed by atoms with Gasteiger partial charge in [-0.15, -0.1) is 0 Å². The lowest BCUT2D eigenvalue weighted by atomic mass is 10.2. The second kappa shape index (κ2) is 9.35. The Balaban J connectivity index is 1.64. The summed E-state index contributed by atoms with van der Waals surface area (Å²) in [5, 5.41) is 0. The molecule has 0 unspecified atom stereocenters. The van der Waals surface area contributed by atoms with Gasteiger partial charge in [-0.3, -0.25) is 19.9 Å². The van der Waals surface area contributed by atoms with Gasteiger partial charge < -0.3 is 4.48 Å². The fourth-order valence-electron chi connectivity index (χ4n) is 3.08. The van der Waals surface area contributed by atoms with E-state index in [1.165, 1.54) is 0 Å². The van der Waals surface area contributed by atoms with Crippen molar-refractivity contribution in [1.82, 2.24) is 19.9 Å². The molecule has 0 aliphatic carbocycles. The van der Waals surface area contributed by atoms with E-state index in [1.807, 2.05) is 48.9 Å². The molecule has 0 fully saturated rings. The second-order valence-corrected chi connectivity index (χ2v) is 7.49. The maximum absolute atomic E-state index is 4.50. The smallest absolute Gasteiger partial charge is 0.121 e. The highest BCUT2D eigenvalue weighted by Gasteiger charge is 2.19. The van der Waals surface area contributed by atoms with Crippen molar-refractivity contribution < 1.29 is 4.48 Å². The molecule has 0 radical (unpaired) electrons. The summed E-state index contributed by atoms with van der Waals surface area (Å²) in [7, 11) is 4.52. The first kappa shape index (κ1) is 19.1. The van der Waals surface area contributed by atoms with E-state index in [9.17, 15) is 0 Å². The van der Waals surface area contributed by atoms with Crippen LogP contribution >= 0.6 is 0 Å². The van der Waals surface area contributed by atoms with Crippen LogP contribution in [0, 0.1) is 0 Å². The lowest BCUT2D eigenvalue weighted by Crippen LogP contribution is -2.44. The zero-order valence-corrected chi connectivity index (χ0v) is 16.2. The third-order valence-corrected chi connectivity index (χ3v) is 4.56. The summed E-state index contributed by atoms with van der Waals surface area (Å²) in [5.74, 6) is 0. The Morgan fingerprint density at radius 3 is 1.63 bits per heavy atom. The quantitative estimate of drug-likeness (QED) is 0.549. The highest BCUT2D eigenvalue weighted by molar-refractivity contribution is 5.06. The molecule has 3 aromatic heterocycles. The highest BCUT2D eigenvalue weighted by Crippen LogP contribution is 2.11. The molecule has 0 aromatic carbocycles. The molecule has 0 amide bonds. The van der Waals surface area contributed by atoms with E-state index >= 15 is 0 Å². The summed E-state index contributed by atoms with van der Waals surface area (Å²) < 4.78 is 0.887. The molecule has 0 aliphatic heterocycles. The van der Waals surface area contributed by atoms with E-state index in [2.05, 4.69) is 58.2 Å². The van der Waals surface area contributed by atoms with Crippen LogP contribution in [-0.4, -0.2) is 51.5 Å². The van der Waals surface area contributed by atoms with Crippen LogP contribution in [0.25, 0.3) is 0 Å². The van der Waals surface area contributed by atoms with E-state index in [0.29, 0.717) is 0 Å². The second-order valence-electron chi connectivity index (χ2n) is 7.49. The normalized spacial score (nSPS) is 11.7. The molecule has 27 heavy (non-hydrogen) atoms. The van der Waals surface area contributed by atoms with Gasteiger partial charge in [-0.2, -0.15) is 0 Å². The molecule has 0 saturated heterocycles. The first-order valence-corrected chi connectivity index (χ1v) is 9.35. The van der Waals surface area contributed by atoms with Crippen LogP contribution in [0.2, 0.25) is 0 Å². The standard InChI is InChI=1S/C22H28N5/c1-27(2,19-22-11-5-8-14-25-22)16-15-26(17-20-9-3-6-12-23-20)18-21-10-4-7-13-24-21/h3-14H,15-19H2,1-2H3/q+1. The largest absolute Gasteiger partial charge is 0.322 e. The fourth-order valence-corrected chi connectivity index (χ4v) is 3.08. The molecule has 0 bridgehead atoms. The van der Waals surface area contributed by atoms with Crippen LogP contribution in [0.3, 0.4) is 0 Å². The minimum absolute atomic E-state index is 0.820. The van der Waals surface area contributed by atoms with Crippen LogP contribution < -0.4 is 0 Å². The topological polar surface area (TPSA) is 41.9 Å². The molecule has 140 valence electrons. The van der Waals surface area contributed by atoms with Crippen molar-refractivity contribution in [3.8, 4) is 0 Å². The van der Waals surface area contributed by atoms with Crippen molar-refractivity contribution in [1.29, 1.82) is 0 Å². The molecule has 3 aromatic rings. The van der Waals surface area contributed by atoms with Crippen LogP contribution in [-0.2, 0) is 19.6 Å². The third-order valence-electron chi connectivity index (χ3n) is 4.56. The molecule has 0 saturated carbocycles. The number of nitrogens with zero attached hydrogens (tertiary/aromatic N) is 5. The van der Waals surface area contributed by atoms with Crippen LogP contribution in [0.5, 0.6) is 0 Å². The number of aromatic nitrogens is 3. The zero-order valence-electron chi connectivity index (χ0n) is 16.2. The van der Waals surface area contributed by atoms with E-state index in [-0.39, 0.29) is 0 Å². The lowest BCUT2D eigenvalue weighted by molar-refractivity contribution is -0.903. The Morgan fingerprint density at radius 2 is 1.19 bits per heavy atom. The molecule has 5 nitrogen and oxygen atoms in total. The summed E-state index contributed by atoms with van der Waals surface area (Å²) >= 11 is 0. The molecular weight excluding hydrogens is 334 g/mol. The Hall–Kier alpha value is -2.63. The summed E-state index contributed by atoms with van der Waals surface area (Å²) in [6, 6.07) is 18.3. The van der Waals surface area contributed by atoms with E-state index in [4.69, 9.17) is 0 Å². The third kappa shape index (κ3) is 6.55. The fraction of sp³-hybridized carbons (Fsp3) is 0.318. The van der Waals surface area contributed by atoms with E-state index in [0.717, 1.165) is 54.3 Å². The predicted octanol–water partition coefficient (Wildman–Crippen LogP) is 3.15.